The number of benzene rings is 2. The Morgan fingerprint density at radius 1 is 1.12 bits per heavy atom. The quantitative estimate of drug-likeness (QED) is 0.252. The van der Waals surface area contributed by atoms with Crippen LogP contribution in [0.25, 0.3) is 0 Å². The summed E-state index contributed by atoms with van der Waals surface area (Å²) in [5.74, 6) is 1.06. The molecule has 0 fully saturated rings. The zero-order chi connectivity index (χ0) is 23.1. The van der Waals surface area contributed by atoms with Gasteiger partial charge in [-0.2, -0.15) is 0 Å². The average Bonchev–Trinajstić information content (AvgIpc) is 3.19. The molecule has 166 valence electrons. The van der Waals surface area contributed by atoms with Crippen LogP contribution in [-0.4, -0.2) is 39.3 Å². The van der Waals surface area contributed by atoms with Crippen molar-refractivity contribution in [2.24, 2.45) is 0 Å². The van der Waals surface area contributed by atoms with E-state index in [0.717, 1.165) is 0 Å². The minimum atomic E-state index is -0.319. The first kappa shape index (κ1) is 23.8. The molecule has 0 atom stereocenters. The first-order chi connectivity index (χ1) is 15.4. The van der Waals surface area contributed by atoms with E-state index in [1.165, 1.54) is 17.8 Å². The van der Waals surface area contributed by atoms with E-state index in [2.05, 4.69) is 22.1 Å². The smallest absolute Gasteiger partial charge is 0.251 e. The molecular formula is C22H20Cl2N4O3S. The number of halogens is 2. The molecule has 1 aromatic heterocycles. The zero-order valence-electron chi connectivity index (χ0n) is 17.2. The lowest BCUT2D eigenvalue weighted by Gasteiger charge is -2.09. The van der Waals surface area contributed by atoms with Crippen LogP contribution in [0.2, 0.25) is 10.0 Å². The van der Waals surface area contributed by atoms with E-state index < -0.39 is 0 Å². The molecule has 10 heteroatoms. The van der Waals surface area contributed by atoms with Gasteiger partial charge in [-0.1, -0.05) is 41.0 Å². The van der Waals surface area contributed by atoms with Gasteiger partial charge >= 0.3 is 0 Å². The van der Waals surface area contributed by atoms with Gasteiger partial charge < -0.3 is 14.6 Å². The van der Waals surface area contributed by atoms with Gasteiger partial charge in [0.25, 0.3) is 5.91 Å². The highest BCUT2D eigenvalue weighted by Crippen LogP contribution is 2.23. The standard InChI is InChI=1S/C22H20Cl2N4O3S/c1-3-10-28-20(12-25-21(30)15-6-9-17(23)18(24)11-15)26-27-22(28)32-13-19(29)14-4-7-16(31-2)8-5-14/h3-9,11H,1,10,12-13H2,2H3,(H,25,30). The van der Waals surface area contributed by atoms with Crippen molar-refractivity contribution in [3.8, 4) is 5.75 Å². The molecule has 0 radical (unpaired) electrons. The average molecular weight is 491 g/mol. The topological polar surface area (TPSA) is 86.1 Å². The van der Waals surface area contributed by atoms with Crippen LogP contribution in [0.15, 0.2) is 60.3 Å². The van der Waals surface area contributed by atoms with Crippen molar-refractivity contribution in [2.75, 3.05) is 12.9 Å². The van der Waals surface area contributed by atoms with Crippen molar-refractivity contribution in [1.29, 1.82) is 0 Å². The molecule has 0 aliphatic carbocycles. The van der Waals surface area contributed by atoms with Crippen LogP contribution in [-0.2, 0) is 13.1 Å². The van der Waals surface area contributed by atoms with Gasteiger partial charge in [0.15, 0.2) is 16.8 Å². The highest BCUT2D eigenvalue weighted by atomic mass is 35.5. The van der Waals surface area contributed by atoms with E-state index in [-0.39, 0.29) is 24.0 Å². The molecular weight excluding hydrogens is 471 g/mol. The molecule has 0 aliphatic rings. The molecule has 0 saturated heterocycles. The maximum Gasteiger partial charge on any atom is 0.251 e. The molecule has 3 aromatic rings. The number of carbonyl (C=O) groups is 2. The maximum absolute atomic E-state index is 12.5. The number of nitrogens with one attached hydrogen (secondary N) is 1. The Labute approximate surface area is 199 Å². The molecule has 0 aliphatic heterocycles. The van der Waals surface area contributed by atoms with Gasteiger partial charge in [0.1, 0.15) is 5.75 Å². The summed E-state index contributed by atoms with van der Waals surface area (Å²) < 4.78 is 6.91. The molecule has 1 heterocycles. The van der Waals surface area contributed by atoms with Gasteiger partial charge in [-0.25, -0.2) is 0 Å². The largest absolute Gasteiger partial charge is 0.497 e. The number of nitrogens with zero attached hydrogens (tertiary/aromatic N) is 3. The van der Waals surface area contributed by atoms with Gasteiger partial charge in [0.2, 0.25) is 0 Å². The summed E-state index contributed by atoms with van der Waals surface area (Å²) in [7, 11) is 1.57. The summed E-state index contributed by atoms with van der Waals surface area (Å²) in [5, 5.41) is 12.4. The first-order valence-corrected chi connectivity index (χ1v) is 11.2. The minimum absolute atomic E-state index is 0.0414. The summed E-state index contributed by atoms with van der Waals surface area (Å²) in [6, 6.07) is 11.6. The van der Waals surface area contributed by atoms with Gasteiger partial charge in [0.05, 0.1) is 29.5 Å². The van der Waals surface area contributed by atoms with Crippen molar-refractivity contribution in [2.45, 2.75) is 18.2 Å². The molecule has 0 saturated carbocycles. The number of Topliss-reactive ketones (excluding diaryl/α,β-unsaturated/α-hetero) is 1. The van der Waals surface area contributed by atoms with Crippen LogP contribution < -0.4 is 10.1 Å². The van der Waals surface area contributed by atoms with Crippen LogP contribution in [0.3, 0.4) is 0 Å². The SMILES string of the molecule is C=CCn1c(CNC(=O)c2ccc(Cl)c(Cl)c2)nnc1SCC(=O)c1ccc(OC)cc1. The van der Waals surface area contributed by atoms with E-state index >= 15 is 0 Å². The third kappa shape index (κ3) is 5.91. The predicted octanol–water partition coefficient (Wildman–Crippen LogP) is 4.68. The lowest BCUT2D eigenvalue weighted by Crippen LogP contribution is -2.24. The summed E-state index contributed by atoms with van der Waals surface area (Å²) in [6.45, 7) is 4.34. The number of hydrogen-bond acceptors (Lipinski definition) is 6. The fourth-order valence-electron chi connectivity index (χ4n) is 2.76. The number of rotatable bonds is 10. The first-order valence-electron chi connectivity index (χ1n) is 9.49. The monoisotopic (exact) mass is 490 g/mol. The number of amides is 1. The third-order valence-corrected chi connectivity index (χ3v) is 6.14. The van der Waals surface area contributed by atoms with E-state index in [1.807, 2.05) is 0 Å². The number of thioether (sulfide) groups is 1. The van der Waals surface area contributed by atoms with E-state index in [0.29, 0.717) is 44.4 Å². The minimum Gasteiger partial charge on any atom is -0.497 e. The van der Waals surface area contributed by atoms with Crippen LogP contribution in [0.5, 0.6) is 5.75 Å². The number of hydrogen-bond donors (Lipinski definition) is 1. The van der Waals surface area contributed by atoms with E-state index in [1.54, 1.807) is 54.2 Å². The second kappa shape index (κ2) is 11.2. The van der Waals surface area contributed by atoms with Crippen molar-refractivity contribution in [1.82, 2.24) is 20.1 Å². The highest BCUT2D eigenvalue weighted by Gasteiger charge is 2.16. The Hall–Kier alpha value is -2.81. The zero-order valence-corrected chi connectivity index (χ0v) is 19.5. The second-order valence-corrected chi connectivity index (χ2v) is 8.31. The van der Waals surface area contributed by atoms with Crippen molar-refractivity contribution >= 4 is 46.7 Å². The van der Waals surface area contributed by atoms with Crippen LogP contribution in [0, 0.1) is 0 Å². The Morgan fingerprint density at radius 3 is 2.50 bits per heavy atom. The molecule has 2 aromatic carbocycles. The van der Waals surface area contributed by atoms with Crippen molar-refractivity contribution in [3.63, 3.8) is 0 Å². The highest BCUT2D eigenvalue weighted by molar-refractivity contribution is 7.99. The molecule has 3 rings (SSSR count). The Morgan fingerprint density at radius 2 is 1.84 bits per heavy atom. The molecule has 0 bridgehead atoms. The third-order valence-electron chi connectivity index (χ3n) is 4.44. The lowest BCUT2D eigenvalue weighted by molar-refractivity contribution is 0.0948. The number of methoxy groups -OCH3 is 1. The van der Waals surface area contributed by atoms with E-state index in [9.17, 15) is 9.59 Å². The number of carbonyl (C=O) groups excluding carboxylic acids is 2. The number of aromatic nitrogens is 3. The van der Waals surface area contributed by atoms with Gasteiger partial charge in [-0.05, 0) is 42.5 Å². The molecule has 32 heavy (non-hydrogen) atoms. The number of ketones is 1. The Bertz CT molecular complexity index is 1130. The molecule has 0 spiro atoms. The second-order valence-electron chi connectivity index (χ2n) is 6.55. The normalized spacial score (nSPS) is 10.6. The summed E-state index contributed by atoms with van der Waals surface area (Å²) >= 11 is 13.1. The fourth-order valence-corrected chi connectivity index (χ4v) is 3.92. The van der Waals surface area contributed by atoms with Crippen LogP contribution >= 0.6 is 35.0 Å². The Balaban J connectivity index is 1.65. The number of allylic oxidation sites excluding steroid dienone is 1. The van der Waals surface area contributed by atoms with Crippen molar-refractivity contribution < 1.29 is 14.3 Å². The maximum atomic E-state index is 12.5. The molecule has 1 amide bonds. The fraction of sp³-hybridized carbons (Fsp3) is 0.182. The van der Waals surface area contributed by atoms with Gasteiger partial charge in [-0.15, -0.1) is 16.8 Å². The lowest BCUT2D eigenvalue weighted by atomic mass is 10.1. The predicted molar refractivity (Wildman–Crippen MR) is 126 cm³/mol. The van der Waals surface area contributed by atoms with E-state index in [4.69, 9.17) is 27.9 Å². The van der Waals surface area contributed by atoms with Gasteiger partial charge in [-0.3, -0.25) is 9.59 Å². The van der Waals surface area contributed by atoms with Gasteiger partial charge in [0, 0.05) is 17.7 Å². The Kier molecular flexibility index (Phi) is 8.33. The number of ether oxygens (including phenoxy) is 1. The van der Waals surface area contributed by atoms with Crippen LogP contribution in [0.4, 0.5) is 0 Å². The molecule has 7 nitrogen and oxygen atoms in total. The summed E-state index contributed by atoms with van der Waals surface area (Å²) in [4.78, 5) is 24.9. The van der Waals surface area contributed by atoms with Crippen molar-refractivity contribution in [3.05, 3.63) is 82.1 Å². The molecule has 0 unspecified atom stereocenters. The summed E-state index contributed by atoms with van der Waals surface area (Å²) in [5.41, 5.74) is 0.969. The summed E-state index contributed by atoms with van der Waals surface area (Å²) in [6.07, 6.45) is 1.70. The van der Waals surface area contributed by atoms with Crippen LogP contribution in [0.1, 0.15) is 26.5 Å². The molecule has 1 N–H and O–H groups in total.